The van der Waals surface area contributed by atoms with Crippen LogP contribution in [0.1, 0.15) is 136 Å². The Balaban J connectivity index is 4.40. The number of carbonyl (C=O) groups is 1. The van der Waals surface area contributed by atoms with Crippen LogP contribution >= 0.6 is 7.82 Å². The summed E-state index contributed by atoms with van der Waals surface area (Å²) in [6.45, 7) is 5.22. The van der Waals surface area contributed by atoms with E-state index in [0.29, 0.717) is 24.1 Å². The number of ether oxygens (including phenoxy) is 2. The number of unbranched alkanes of at least 4 members (excludes halogenated alkanes) is 12. The van der Waals surface area contributed by atoms with Crippen LogP contribution in [0.4, 0.5) is 0 Å². The molecule has 48 heavy (non-hydrogen) atoms. The second-order valence-electron chi connectivity index (χ2n) is 13.6. The monoisotopic (exact) mass is 698 g/mol. The zero-order valence-electron chi connectivity index (χ0n) is 31.4. The summed E-state index contributed by atoms with van der Waals surface area (Å²) in [6, 6.07) is 0. The molecule has 0 rings (SSSR count). The Hall–Kier alpha value is -1.54. The van der Waals surface area contributed by atoms with E-state index >= 15 is 0 Å². The minimum atomic E-state index is -4.53. The number of phosphoric ester groups is 1. The summed E-state index contributed by atoms with van der Waals surface area (Å²) in [5, 5.41) is 0. The molecule has 0 bridgehead atoms. The van der Waals surface area contributed by atoms with Gasteiger partial charge in [-0.1, -0.05) is 127 Å². The fourth-order valence-electron chi connectivity index (χ4n) is 4.71. The van der Waals surface area contributed by atoms with Crippen LogP contribution in [-0.4, -0.2) is 70.7 Å². The van der Waals surface area contributed by atoms with Gasteiger partial charge in [-0.2, -0.15) is 0 Å². The molecular formula is C39H72NO7P. The first-order valence-electron chi connectivity index (χ1n) is 18.9. The molecule has 0 fully saturated rings. The van der Waals surface area contributed by atoms with Crippen molar-refractivity contribution in [1.82, 2.24) is 0 Å². The van der Waals surface area contributed by atoms with Gasteiger partial charge in [0.05, 0.1) is 34.4 Å². The van der Waals surface area contributed by atoms with E-state index in [2.05, 4.69) is 62.5 Å². The van der Waals surface area contributed by atoms with E-state index in [0.717, 1.165) is 51.4 Å². The molecule has 0 aliphatic rings. The zero-order valence-corrected chi connectivity index (χ0v) is 32.3. The normalized spacial score (nSPS) is 14.5. The number of carbonyl (C=O) groups excluding carboxylic acids is 1. The average Bonchev–Trinajstić information content (AvgIpc) is 3.03. The number of quaternary nitrogens is 1. The highest BCUT2D eigenvalue weighted by Crippen LogP contribution is 2.38. The molecule has 0 saturated carbocycles. The Kier molecular flexibility index (Phi) is 31.6. The number of phosphoric acid groups is 1. The summed E-state index contributed by atoms with van der Waals surface area (Å²) in [5.41, 5.74) is 0. The fourth-order valence-corrected chi connectivity index (χ4v) is 5.44. The van der Waals surface area contributed by atoms with Gasteiger partial charge in [0, 0.05) is 13.0 Å². The van der Waals surface area contributed by atoms with E-state index in [-0.39, 0.29) is 32.2 Å². The SMILES string of the molecule is CC/C=C\C/C=C\C/C=C\C/C=C\CCCCC(=O)OC(COCCCCCCCCCCCCC)COP(=O)([O-])OCC[N+](C)(C)C. The molecular weight excluding hydrogens is 625 g/mol. The lowest BCUT2D eigenvalue weighted by atomic mass is 10.1. The van der Waals surface area contributed by atoms with Crippen molar-refractivity contribution >= 4 is 13.8 Å². The van der Waals surface area contributed by atoms with Crippen LogP contribution in [0.5, 0.6) is 0 Å². The summed E-state index contributed by atoms with van der Waals surface area (Å²) in [7, 11) is 1.32. The molecule has 0 aromatic rings. The minimum Gasteiger partial charge on any atom is -0.756 e. The van der Waals surface area contributed by atoms with Crippen LogP contribution in [0.25, 0.3) is 0 Å². The topological polar surface area (TPSA) is 94.1 Å². The van der Waals surface area contributed by atoms with Crippen LogP contribution in [-0.2, 0) is 27.9 Å². The van der Waals surface area contributed by atoms with Crippen molar-refractivity contribution in [2.75, 3.05) is 54.1 Å². The molecule has 0 radical (unpaired) electrons. The summed E-state index contributed by atoms with van der Waals surface area (Å²) in [5.74, 6) is -0.376. The number of allylic oxidation sites excluding steroid dienone is 8. The highest BCUT2D eigenvalue weighted by molar-refractivity contribution is 7.45. The molecule has 0 aliphatic carbocycles. The van der Waals surface area contributed by atoms with E-state index in [9.17, 15) is 14.3 Å². The lowest BCUT2D eigenvalue weighted by Gasteiger charge is -2.28. The maximum atomic E-state index is 12.6. The van der Waals surface area contributed by atoms with Gasteiger partial charge >= 0.3 is 5.97 Å². The molecule has 0 N–H and O–H groups in total. The lowest BCUT2D eigenvalue weighted by Crippen LogP contribution is -2.37. The Morgan fingerprint density at radius 1 is 0.667 bits per heavy atom. The minimum absolute atomic E-state index is 0.0172. The third-order valence-corrected chi connectivity index (χ3v) is 8.61. The Bertz CT molecular complexity index is 911. The number of hydrogen-bond acceptors (Lipinski definition) is 7. The van der Waals surface area contributed by atoms with E-state index in [4.69, 9.17) is 18.5 Å². The third-order valence-electron chi connectivity index (χ3n) is 7.64. The van der Waals surface area contributed by atoms with Gasteiger partial charge in [0.25, 0.3) is 7.82 Å². The first-order valence-corrected chi connectivity index (χ1v) is 20.3. The second kappa shape index (κ2) is 32.7. The van der Waals surface area contributed by atoms with E-state index in [1.807, 2.05) is 21.1 Å². The highest BCUT2D eigenvalue weighted by Gasteiger charge is 2.20. The maximum absolute atomic E-state index is 12.6. The van der Waals surface area contributed by atoms with Gasteiger partial charge in [-0.25, -0.2) is 0 Å². The molecule has 2 atom stereocenters. The molecule has 0 aromatic heterocycles. The zero-order chi connectivity index (χ0) is 35.6. The largest absolute Gasteiger partial charge is 0.756 e. The van der Waals surface area contributed by atoms with Crippen molar-refractivity contribution < 1.29 is 37.3 Å². The van der Waals surface area contributed by atoms with Crippen molar-refractivity contribution in [3.63, 3.8) is 0 Å². The van der Waals surface area contributed by atoms with E-state index in [1.165, 1.54) is 57.8 Å². The Morgan fingerprint density at radius 3 is 1.77 bits per heavy atom. The molecule has 0 amide bonds. The highest BCUT2D eigenvalue weighted by atomic mass is 31.2. The molecule has 0 saturated heterocycles. The summed E-state index contributed by atoms with van der Waals surface area (Å²) in [6.07, 6.45) is 36.9. The quantitative estimate of drug-likeness (QED) is 0.0217. The second-order valence-corrected chi connectivity index (χ2v) is 15.0. The van der Waals surface area contributed by atoms with Crippen LogP contribution in [0, 0.1) is 0 Å². The van der Waals surface area contributed by atoms with Crippen LogP contribution < -0.4 is 4.89 Å². The number of nitrogens with zero attached hydrogens (tertiary/aromatic N) is 1. The molecule has 0 aliphatic heterocycles. The molecule has 0 heterocycles. The van der Waals surface area contributed by atoms with Crippen molar-refractivity contribution in [2.45, 2.75) is 142 Å². The Labute approximate surface area is 295 Å². The average molecular weight is 698 g/mol. The number of hydrogen-bond donors (Lipinski definition) is 0. The summed E-state index contributed by atoms with van der Waals surface area (Å²) < 4.78 is 34.3. The summed E-state index contributed by atoms with van der Waals surface area (Å²) >= 11 is 0. The lowest BCUT2D eigenvalue weighted by molar-refractivity contribution is -0.870. The van der Waals surface area contributed by atoms with Crippen LogP contribution in [0.2, 0.25) is 0 Å². The van der Waals surface area contributed by atoms with Gasteiger partial charge in [0.1, 0.15) is 19.3 Å². The van der Waals surface area contributed by atoms with Gasteiger partial charge in [0.2, 0.25) is 0 Å². The van der Waals surface area contributed by atoms with Crippen LogP contribution in [0.15, 0.2) is 48.6 Å². The predicted octanol–water partition coefficient (Wildman–Crippen LogP) is 9.80. The van der Waals surface area contributed by atoms with Gasteiger partial charge < -0.3 is 27.9 Å². The molecule has 2 unspecified atom stereocenters. The molecule has 0 spiro atoms. The third kappa shape index (κ3) is 35.8. The first kappa shape index (κ1) is 46.5. The van der Waals surface area contributed by atoms with Crippen LogP contribution in [0.3, 0.4) is 0 Å². The standard InChI is InChI=1S/C39H72NO7P/c1-6-8-10-12-14-16-18-19-20-21-22-24-26-28-30-32-39(41)47-38(37-46-48(42,43)45-35-33-40(3,4)5)36-44-34-31-29-27-25-23-17-15-13-11-9-7-2/h8,10,14,16,19-20,22,24,38H,6-7,9,11-13,15,17-18,21,23,25-37H2,1-5H3/b10-8-,16-14-,20-19-,24-22-. The van der Waals surface area contributed by atoms with Gasteiger partial charge in [-0.3, -0.25) is 9.36 Å². The molecule has 9 heteroatoms. The maximum Gasteiger partial charge on any atom is 0.306 e. The molecule has 280 valence electrons. The van der Waals surface area contributed by atoms with Gasteiger partial charge in [-0.05, 0) is 51.4 Å². The van der Waals surface area contributed by atoms with Crippen molar-refractivity contribution in [3.8, 4) is 0 Å². The van der Waals surface area contributed by atoms with Crippen molar-refractivity contribution in [3.05, 3.63) is 48.6 Å². The number of likely N-dealkylation sites (N-methyl/N-ethyl adjacent to an activating group) is 1. The molecule has 8 nitrogen and oxygen atoms in total. The van der Waals surface area contributed by atoms with Gasteiger partial charge in [-0.15, -0.1) is 0 Å². The number of rotatable bonds is 34. The van der Waals surface area contributed by atoms with E-state index < -0.39 is 13.9 Å². The van der Waals surface area contributed by atoms with Crippen molar-refractivity contribution in [1.29, 1.82) is 0 Å². The van der Waals surface area contributed by atoms with Gasteiger partial charge in [0.15, 0.2) is 0 Å². The molecule has 0 aromatic carbocycles. The number of esters is 1. The fraction of sp³-hybridized carbons (Fsp3) is 0.769. The Morgan fingerprint density at radius 2 is 1.21 bits per heavy atom. The first-order chi connectivity index (χ1) is 23.1. The van der Waals surface area contributed by atoms with Crippen molar-refractivity contribution in [2.24, 2.45) is 0 Å². The summed E-state index contributed by atoms with van der Waals surface area (Å²) in [4.78, 5) is 24.9. The smallest absolute Gasteiger partial charge is 0.306 e. The predicted molar refractivity (Wildman–Crippen MR) is 199 cm³/mol. The van der Waals surface area contributed by atoms with E-state index in [1.54, 1.807) is 0 Å².